The largest absolute Gasteiger partial charge is 0.468 e. The summed E-state index contributed by atoms with van der Waals surface area (Å²) in [6.45, 7) is 5.76. The van der Waals surface area contributed by atoms with Crippen molar-refractivity contribution in [2.75, 3.05) is 12.0 Å². The lowest BCUT2D eigenvalue weighted by atomic mass is 10.1. The lowest BCUT2D eigenvalue weighted by Crippen LogP contribution is -2.43. The van der Waals surface area contributed by atoms with Crippen LogP contribution in [0.5, 0.6) is 0 Å². The average molecular weight is 349 g/mol. The normalized spacial score (nSPS) is 12.1. The second-order valence-electron chi connectivity index (χ2n) is 5.59. The molecule has 0 fully saturated rings. The summed E-state index contributed by atoms with van der Waals surface area (Å²) in [4.78, 5) is 26.9. The number of methoxy groups -OCH3 is 1. The van der Waals surface area contributed by atoms with E-state index < -0.39 is 23.6 Å². The van der Waals surface area contributed by atoms with E-state index in [0.29, 0.717) is 12.2 Å². The predicted octanol–water partition coefficient (Wildman–Crippen LogP) is 1.53. The van der Waals surface area contributed by atoms with Gasteiger partial charge in [0.25, 0.3) is 0 Å². The first-order valence-corrected chi connectivity index (χ1v) is 7.83. The minimum atomic E-state index is -1.31. The van der Waals surface area contributed by atoms with Gasteiger partial charge in [0.2, 0.25) is 5.91 Å². The number of benzene rings is 1. The molecule has 1 aromatic heterocycles. The van der Waals surface area contributed by atoms with Crippen LogP contribution in [-0.4, -0.2) is 45.2 Å². The predicted molar refractivity (Wildman–Crippen MR) is 87.3 cm³/mol. The SMILES string of the molecule is CCn1nnnc1C(C(=O)OC)C(=O)N(c1ccc(F)cc1)C(C)C. The third-order valence-corrected chi connectivity index (χ3v) is 3.66. The smallest absolute Gasteiger partial charge is 0.326 e. The molecular formula is C16H20FN5O3. The Morgan fingerprint density at radius 3 is 2.44 bits per heavy atom. The van der Waals surface area contributed by atoms with Gasteiger partial charge in [-0.2, -0.15) is 0 Å². The van der Waals surface area contributed by atoms with E-state index in [2.05, 4.69) is 15.5 Å². The van der Waals surface area contributed by atoms with Crippen LogP contribution in [-0.2, 0) is 20.9 Å². The number of halogens is 1. The monoisotopic (exact) mass is 349 g/mol. The fourth-order valence-electron chi connectivity index (χ4n) is 2.50. The number of aromatic nitrogens is 4. The summed E-state index contributed by atoms with van der Waals surface area (Å²) in [6, 6.07) is 5.17. The van der Waals surface area contributed by atoms with Gasteiger partial charge in [-0.1, -0.05) is 0 Å². The van der Waals surface area contributed by atoms with Gasteiger partial charge in [0.1, 0.15) is 5.82 Å². The van der Waals surface area contributed by atoms with Gasteiger partial charge < -0.3 is 9.64 Å². The number of anilines is 1. The Hall–Kier alpha value is -2.84. The Labute approximate surface area is 144 Å². The number of tetrazole rings is 1. The lowest BCUT2D eigenvalue weighted by Gasteiger charge is -2.29. The van der Waals surface area contributed by atoms with Crippen LogP contribution in [0.2, 0.25) is 0 Å². The van der Waals surface area contributed by atoms with Crippen molar-refractivity contribution in [3.8, 4) is 0 Å². The molecule has 25 heavy (non-hydrogen) atoms. The molecule has 0 saturated carbocycles. The van der Waals surface area contributed by atoms with Crippen molar-refractivity contribution in [2.45, 2.75) is 39.3 Å². The molecule has 0 aliphatic heterocycles. The first-order chi connectivity index (χ1) is 11.9. The van der Waals surface area contributed by atoms with E-state index in [4.69, 9.17) is 4.74 Å². The number of carbonyl (C=O) groups excluding carboxylic acids is 2. The van der Waals surface area contributed by atoms with Crippen molar-refractivity contribution in [1.82, 2.24) is 20.2 Å². The highest BCUT2D eigenvalue weighted by Gasteiger charge is 2.39. The zero-order valence-electron chi connectivity index (χ0n) is 14.5. The zero-order chi connectivity index (χ0) is 18.6. The number of hydrogen-bond donors (Lipinski definition) is 0. The molecule has 0 bridgehead atoms. The second kappa shape index (κ2) is 7.82. The summed E-state index contributed by atoms with van der Waals surface area (Å²) < 4.78 is 19.4. The number of rotatable bonds is 6. The van der Waals surface area contributed by atoms with E-state index >= 15 is 0 Å². The molecule has 1 aromatic carbocycles. The fraction of sp³-hybridized carbons (Fsp3) is 0.438. The molecule has 1 heterocycles. The summed E-state index contributed by atoms with van der Waals surface area (Å²) in [7, 11) is 1.19. The van der Waals surface area contributed by atoms with E-state index in [1.54, 1.807) is 20.8 Å². The molecule has 0 radical (unpaired) electrons. The quantitative estimate of drug-likeness (QED) is 0.580. The number of carbonyl (C=O) groups is 2. The van der Waals surface area contributed by atoms with E-state index in [-0.39, 0.29) is 11.9 Å². The van der Waals surface area contributed by atoms with Crippen LogP contribution in [0.3, 0.4) is 0 Å². The van der Waals surface area contributed by atoms with E-state index in [9.17, 15) is 14.0 Å². The van der Waals surface area contributed by atoms with Gasteiger partial charge >= 0.3 is 5.97 Å². The Balaban J connectivity index is 2.49. The molecule has 1 amide bonds. The maximum atomic E-state index is 13.2. The van der Waals surface area contributed by atoms with Crippen molar-refractivity contribution >= 4 is 17.6 Å². The van der Waals surface area contributed by atoms with Gasteiger partial charge in [-0.25, -0.2) is 9.07 Å². The average Bonchev–Trinajstić information content (AvgIpc) is 3.04. The Morgan fingerprint density at radius 2 is 1.92 bits per heavy atom. The van der Waals surface area contributed by atoms with Gasteiger partial charge in [-0.3, -0.25) is 9.59 Å². The van der Waals surface area contributed by atoms with Crippen molar-refractivity contribution < 1.29 is 18.7 Å². The van der Waals surface area contributed by atoms with Crippen LogP contribution in [0.15, 0.2) is 24.3 Å². The highest BCUT2D eigenvalue weighted by molar-refractivity contribution is 6.10. The molecule has 0 N–H and O–H groups in total. The van der Waals surface area contributed by atoms with Crippen LogP contribution in [0.1, 0.15) is 32.5 Å². The molecule has 1 unspecified atom stereocenters. The van der Waals surface area contributed by atoms with Gasteiger partial charge in [-0.05, 0) is 55.5 Å². The molecule has 0 aliphatic rings. The summed E-state index contributed by atoms with van der Waals surface area (Å²) in [5, 5.41) is 11.1. The van der Waals surface area contributed by atoms with Gasteiger partial charge in [-0.15, -0.1) is 5.10 Å². The first-order valence-electron chi connectivity index (χ1n) is 7.83. The number of hydrogen-bond acceptors (Lipinski definition) is 6. The Kier molecular flexibility index (Phi) is 5.79. The topological polar surface area (TPSA) is 90.2 Å². The number of aryl methyl sites for hydroxylation is 1. The highest BCUT2D eigenvalue weighted by Crippen LogP contribution is 2.25. The number of nitrogens with zero attached hydrogens (tertiary/aromatic N) is 5. The Bertz CT molecular complexity index is 744. The summed E-state index contributed by atoms with van der Waals surface area (Å²) in [5.41, 5.74) is 0.464. The molecule has 1 atom stereocenters. The molecule has 2 aromatic rings. The molecule has 2 rings (SSSR count). The maximum absolute atomic E-state index is 13.2. The molecule has 134 valence electrons. The van der Waals surface area contributed by atoms with Crippen molar-refractivity contribution in [3.05, 3.63) is 35.9 Å². The maximum Gasteiger partial charge on any atom is 0.326 e. The molecule has 0 saturated heterocycles. The second-order valence-corrected chi connectivity index (χ2v) is 5.59. The Morgan fingerprint density at radius 1 is 1.28 bits per heavy atom. The van der Waals surface area contributed by atoms with Crippen molar-refractivity contribution in [1.29, 1.82) is 0 Å². The van der Waals surface area contributed by atoms with E-state index in [1.165, 1.54) is 41.0 Å². The van der Waals surface area contributed by atoms with Gasteiger partial charge in [0.15, 0.2) is 11.7 Å². The molecule has 9 heteroatoms. The van der Waals surface area contributed by atoms with Crippen molar-refractivity contribution in [2.24, 2.45) is 0 Å². The van der Waals surface area contributed by atoms with Crippen LogP contribution < -0.4 is 4.90 Å². The molecule has 8 nitrogen and oxygen atoms in total. The number of amides is 1. The minimum absolute atomic E-state index is 0.104. The third kappa shape index (κ3) is 3.81. The molecule has 0 aliphatic carbocycles. The standard InChI is InChI=1S/C16H20FN5O3/c1-5-21-14(18-19-20-21)13(16(24)25-4)15(23)22(10(2)3)12-8-6-11(17)7-9-12/h6-10,13H,5H2,1-4H3. The van der Waals surface area contributed by atoms with Crippen LogP contribution >= 0.6 is 0 Å². The van der Waals surface area contributed by atoms with Crippen LogP contribution in [0.4, 0.5) is 10.1 Å². The van der Waals surface area contributed by atoms with Gasteiger partial charge in [0.05, 0.1) is 7.11 Å². The lowest BCUT2D eigenvalue weighted by molar-refractivity contribution is -0.146. The minimum Gasteiger partial charge on any atom is -0.468 e. The first kappa shape index (κ1) is 18.5. The fourth-order valence-corrected chi connectivity index (χ4v) is 2.50. The zero-order valence-corrected chi connectivity index (χ0v) is 14.5. The summed E-state index contributed by atoms with van der Waals surface area (Å²) in [5.74, 6) is -2.93. The number of ether oxygens (including phenoxy) is 1. The van der Waals surface area contributed by atoms with E-state index in [1.807, 2.05) is 0 Å². The third-order valence-electron chi connectivity index (χ3n) is 3.66. The summed E-state index contributed by atoms with van der Waals surface area (Å²) >= 11 is 0. The molecule has 0 spiro atoms. The van der Waals surface area contributed by atoms with Crippen LogP contribution in [0, 0.1) is 5.82 Å². The van der Waals surface area contributed by atoms with E-state index in [0.717, 1.165) is 0 Å². The van der Waals surface area contributed by atoms with Crippen molar-refractivity contribution in [3.63, 3.8) is 0 Å². The molecular weight excluding hydrogens is 329 g/mol. The van der Waals surface area contributed by atoms with Crippen LogP contribution in [0.25, 0.3) is 0 Å². The van der Waals surface area contributed by atoms with Gasteiger partial charge in [0, 0.05) is 18.3 Å². The highest BCUT2D eigenvalue weighted by atomic mass is 19.1. The summed E-state index contributed by atoms with van der Waals surface area (Å²) in [6.07, 6.45) is 0. The number of esters is 1.